The van der Waals surface area contributed by atoms with Crippen LogP contribution in [0.25, 0.3) is 105 Å². The second-order valence-corrected chi connectivity index (χ2v) is 18.5. The van der Waals surface area contributed by atoms with Gasteiger partial charge in [-0.2, -0.15) is 0 Å². The Morgan fingerprint density at radius 2 is 0.639 bits per heavy atom. The largest absolute Gasteiger partial charge is 0.310 e. The third-order valence-corrected chi connectivity index (χ3v) is 14.2. The second-order valence-electron chi connectivity index (χ2n) is 18.5. The van der Waals surface area contributed by atoms with Crippen molar-refractivity contribution in [2.45, 2.75) is 0 Å². The molecular weight excluding hydrogens is 869 g/mol. The molecule has 13 aromatic rings. The van der Waals surface area contributed by atoms with Gasteiger partial charge in [0, 0.05) is 33.2 Å². The van der Waals surface area contributed by atoms with Gasteiger partial charge >= 0.3 is 0 Å². The van der Waals surface area contributed by atoms with Gasteiger partial charge in [0.25, 0.3) is 0 Å². The fraction of sp³-hybridized carbons (Fsp3) is 0. The van der Waals surface area contributed by atoms with Gasteiger partial charge in [-0.05, 0) is 139 Å². The summed E-state index contributed by atoms with van der Waals surface area (Å²) < 4.78 is 2.45. The normalized spacial score (nSPS) is 11.3. The van der Waals surface area contributed by atoms with Gasteiger partial charge < -0.3 is 9.47 Å². The lowest BCUT2D eigenvalue weighted by Crippen LogP contribution is -2.10. The van der Waals surface area contributed by atoms with Crippen LogP contribution >= 0.6 is 0 Å². The van der Waals surface area contributed by atoms with Crippen molar-refractivity contribution in [2.24, 2.45) is 0 Å². The molecule has 72 heavy (non-hydrogen) atoms. The van der Waals surface area contributed by atoms with Crippen LogP contribution in [0.2, 0.25) is 0 Å². The quantitative estimate of drug-likeness (QED) is 0.133. The molecule has 0 aliphatic rings. The van der Waals surface area contributed by atoms with Gasteiger partial charge in [0.05, 0.1) is 16.7 Å². The van der Waals surface area contributed by atoms with Crippen molar-refractivity contribution in [1.82, 2.24) is 4.57 Å². The molecule has 0 unspecified atom stereocenters. The second kappa shape index (κ2) is 18.4. The Kier molecular flexibility index (Phi) is 10.9. The zero-order valence-electron chi connectivity index (χ0n) is 39.6. The average Bonchev–Trinajstić information content (AvgIpc) is 3.80. The van der Waals surface area contributed by atoms with Crippen molar-refractivity contribution >= 4 is 49.6 Å². The van der Waals surface area contributed by atoms with Crippen LogP contribution in [-0.2, 0) is 0 Å². The maximum absolute atomic E-state index is 2.45. The first-order chi connectivity index (χ1) is 35.7. The lowest BCUT2D eigenvalue weighted by Gasteiger charge is -2.27. The number of para-hydroxylation sites is 1. The molecular formula is C70H48N2. The number of anilines is 3. The number of nitrogens with zero attached hydrogens (tertiary/aromatic N) is 2. The van der Waals surface area contributed by atoms with Gasteiger partial charge in [-0.15, -0.1) is 0 Å². The summed E-state index contributed by atoms with van der Waals surface area (Å²) in [4.78, 5) is 2.40. The van der Waals surface area contributed by atoms with Gasteiger partial charge in [0.1, 0.15) is 0 Å². The molecule has 0 radical (unpaired) electrons. The highest BCUT2D eigenvalue weighted by Gasteiger charge is 2.19. The Bertz CT molecular complexity index is 3940. The number of hydrogen-bond donors (Lipinski definition) is 0. The van der Waals surface area contributed by atoms with E-state index in [0.29, 0.717) is 0 Å². The van der Waals surface area contributed by atoms with Crippen molar-refractivity contribution in [3.05, 3.63) is 291 Å². The van der Waals surface area contributed by atoms with Crippen LogP contribution in [-0.4, -0.2) is 4.57 Å². The van der Waals surface area contributed by atoms with Crippen LogP contribution in [0.15, 0.2) is 291 Å². The highest BCUT2D eigenvalue weighted by Crippen LogP contribution is 2.43. The first-order valence-corrected chi connectivity index (χ1v) is 24.7. The zero-order valence-corrected chi connectivity index (χ0v) is 39.6. The Morgan fingerprint density at radius 1 is 0.222 bits per heavy atom. The lowest BCUT2D eigenvalue weighted by atomic mass is 9.95. The number of aromatic nitrogens is 1. The third-order valence-electron chi connectivity index (χ3n) is 14.2. The SMILES string of the molecule is c1ccc(-c2ccc(-c3cc(-c4ccc(-c5ccccc5)cc4)cc(-n4c5ccccc5c5cc(-c6cccc(N(c7ccc(-c8ccccc8)cc7)c7cccc8ccccc78)c6)ccc54)c3)cc2)cc1. The molecule has 0 N–H and O–H groups in total. The van der Waals surface area contributed by atoms with E-state index in [-0.39, 0.29) is 0 Å². The Balaban J connectivity index is 0.930. The van der Waals surface area contributed by atoms with E-state index < -0.39 is 0 Å². The van der Waals surface area contributed by atoms with E-state index in [9.17, 15) is 0 Å². The number of fused-ring (bicyclic) bond motifs is 4. The molecule has 338 valence electrons. The molecule has 0 saturated carbocycles. The molecule has 1 aromatic heterocycles. The molecule has 2 heteroatoms. The minimum absolute atomic E-state index is 1.09. The van der Waals surface area contributed by atoms with Crippen molar-refractivity contribution in [1.29, 1.82) is 0 Å². The van der Waals surface area contributed by atoms with Crippen LogP contribution in [0.1, 0.15) is 0 Å². The van der Waals surface area contributed by atoms with Crippen LogP contribution in [0.5, 0.6) is 0 Å². The minimum Gasteiger partial charge on any atom is -0.310 e. The zero-order chi connectivity index (χ0) is 47.8. The molecule has 1 heterocycles. The first-order valence-electron chi connectivity index (χ1n) is 24.7. The molecule has 0 bridgehead atoms. The fourth-order valence-electron chi connectivity index (χ4n) is 10.6. The van der Waals surface area contributed by atoms with Crippen LogP contribution < -0.4 is 4.90 Å². The Labute approximate surface area is 420 Å². The summed E-state index contributed by atoms with van der Waals surface area (Å²) in [5.74, 6) is 0. The number of benzene rings is 12. The van der Waals surface area contributed by atoms with E-state index in [2.05, 4.69) is 301 Å². The summed E-state index contributed by atoms with van der Waals surface area (Å²) in [6.07, 6.45) is 0. The van der Waals surface area contributed by atoms with E-state index in [1.54, 1.807) is 0 Å². The molecule has 0 amide bonds. The summed E-state index contributed by atoms with van der Waals surface area (Å²) in [7, 11) is 0. The Morgan fingerprint density at radius 3 is 1.24 bits per heavy atom. The third kappa shape index (κ3) is 8.01. The van der Waals surface area contributed by atoms with Gasteiger partial charge in [0.15, 0.2) is 0 Å². The van der Waals surface area contributed by atoms with Crippen LogP contribution in [0.4, 0.5) is 17.1 Å². The monoisotopic (exact) mass is 916 g/mol. The van der Waals surface area contributed by atoms with E-state index in [4.69, 9.17) is 0 Å². The standard InChI is InChI=1S/C70H48N2/c1-4-16-49(17-5-1)52-30-34-55(35-31-52)60-44-61(56-36-32-53(33-37-56)50-18-6-2-7-19-50)47-64(46-60)72-69-28-13-12-27-66(69)67-48-59(40-43-70(67)72)58-24-14-25-63(45-58)71(68-29-15-23-57-22-10-11-26-65(57)68)62-41-38-54(39-42-62)51-20-8-3-9-21-51/h1-48H. The summed E-state index contributed by atoms with van der Waals surface area (Å²) in [5, 5.41) is 4.83. The van der Waals surface area contributed by atoms with Crippen molar-refractivity contribution < 1.29 is 0 Å². The average molecular weight is 917 g/mol. The molecule has 2 nitrogen and oxygen atoms in total. The van der Waals surface area contributed by atoms with Crippen molar-refractivity contribution in [3.63, 3.8) is 0 Å². The number of rotatable bonds is 10. The van der Waals surface area contributed by atoms with Gasteiger partial charge in [-0.25, -0.2) is 0 Å². The van der Waals surface area contributed by atoms with E-state index in [0.717, 1.165) is 39.4 Å². The topological polar surface area (TPSA) is 8.17 Å². The smallest absolute Gasteiger partial charge is 0.0541 e. The number of hydrogen-bond acceptors (Lipinski definition) is 1. The van der Waals surface area contributed by atoms with Crippen LogP contribution in [0.3, 0.4) is 0 Å². The molecule has 12 aromatic carbocycles. The minimum atomic E-state index is 1.09. The first kappa shape index (κ1) is 42.6. The van der Waals surface area contributed by atoms with Gasteiger partial charge in [-0.1, -0.05) is 224 Å². The van der Waals surface area contributed by atoms with E-state index in [1.807, 2.05) is 0 Å². The summed E-state index contributed by atoms with van der Waals surface area (Å²) in [6, 6.07) is 106. The van der Waals surface area contributed by atoms with Crippen molar-refractivity contribution in [2.75, 3.05) is 4.90 Å². The molecule has 0 fully saturated rings. The van der Waals surface area contributed by atoms with Gasteiger partial charge in [-0.3, -0.25) is 0 Å². The van der Waals surface area contributed by atoms with E-state index >= 15 is 0 Å². The predicted molar refractivity (Wildman–Crippen MR) is 306 cm³/mol. The van der Waals surface area contributed by atoms with Crippen molar-refractivity contribution in [3.8, 4) is 72.4 Å². The highest BCUT2D eigenvalue weighted by molar-refractivity contribution is 6.11. The summed E-state index contributed by atoms with van der Waals surface area (Å²) >= 11 is 0. The predicted octanol–water partition coefficient (Wildman–Crippen LogP) is 19.4. The lowest BCUT2D eigenvalue weighted by molar-refractivity contribution is 1.18. The molecule has 0 spiro atoms. The Hall–Kier alpha value is -9.50. The summed E-state index contributed by atoms with van der Waals surface area (Å²) in [5.41, 5.74) is 21.0. The molecule has 0 atom stereocenters. The molecule has 13 rings (SSSR count). The highest BCUT2D eigenvalue weighted by atomic mass is 15.1. The molecule has 0 saturated heterocycles. The molecule has 0 aliphatic heterocycles. The van der Waals surface area contributed by atoms with Crippen LogP contribution in [0, 0.1) is 0 Å². The maximum Gasteiger partial charge on any atom is 0.0541 e. The summed E-state index contributed by atoms with van der Waals surface area (Å²) in [6.45, 7) is 0. The molecule has 0 aliphatic carbocycles. The fourth-order valence-corrected chi connectivity index (χ4v) is 10.6. The van der Waals surface area contributed by atoms with Gasteiger partial charge in [0.2, 0.25) is 0 Å². The maximum atomic E-state index is 2.45. The van der Waals surface area contributed by atoms with E-state index in [1.165, 1.54) is 82.7 Å².